The Labute approximate surface area is 214 Å². The molecule has 0 aliphatic carbocycles. The molecule has 0 aliphatic heterocycles. The summed E-state index contributed by atoms with van der Waals surface area (Å²) < 4.78 is 18.7. The average molecular weight is 517 g/mol. The zero-order chi connectivity index (χ0) is 25.6. The maximum atomic E-state index is 13.5. The lowest BCUT2D eigenvalue weighted by Gasteiger charge is -2.24. The van der Waals surface area contributed by atoms with Gasteiger partial charge in [0, 0.05) is 35.2 Å². The minimum absolute atomic E-state index is 0.206. The number of benzene rings is 3. The lowest BCUT2D eigenvalue weighted by atomic mass is 10.1. The van der Waals surface area contributed by atoms with Crippen molar-refractivity contribution in [2.45, 2.75) is 46.0 Å². The molecule has 184 valence electrons. The van der Waals surface area contributed by atoms with Crippen molar-refractivity contribution in [2.75, 3.05) is 0 Å². The van der Waals surface area contributed by atoms with Gasteiger partial charge in [0.2, 0.25) is 0 Å². The van der Waals surface area contributed by atoms with Gasteiger partial charge in [-0.25, -0.2) is 9.18 Å². The Kier molecular flexibility index (Phi) is 8.76. The third-order valence-electron chi connectivity index (χ3n) is 4.88. The zero-order valence-electron chi connectivity index (χ0n) is 19.8. The van der Waals surface area contributed by atoms with Crippen molar-refractivity contribution >= 4 is 35.2 Å². The largest absolute Gasteiger partial charge is 0.444 e. The predicted octanol–water partition coefficient (Wildman–Crippen LogP) is 7.00. The minimum atomic E-state index is -0.605. The highest BCUT2D eigenvalue weighted by atomic mass is 35.5. The summed E-state index contributed by atoms with van der Waals surface area (Å²) in [6.45, 7) is 6.07. The van der Waals surface area contributed by atoms with Gasteiger partial charge in [-0.15, -0.1) is 0 Å². The number of hydrogen-bond donors (Lipinski definition) is 1. The molecule has 0 aliphatic rings. The van der Waals surface area contributed by atoms with Crippen LogP contribution in [0.15, 0.2) is 66.7 Å². The van der Waals surface area contributed by atoms with Crippen LogP contribution >= 0.6 is 23.2 Å². The molecule has 0 unspecified atom stereocenters. The lowest BCUT2D eigenvalue weighted by molar-refractivity contribution is 0.0523. The zero-order valence-corrected chi connectivity index (χ0v) is 21.3. The van der Waals surface area contributed by atoms with Crippen molar-refractivity contribution in [3.8, 4) is 0 Å². The summed E-state index contributed by atoms with van der Waals surface area (Å²) >= 11 is 12.3. The Balaban J connectivity index is 1.81. The van der Waals surface area contributed by atoms with Gasteiger partial charge in [-0.3, -0.25) is 4.79 Å². The molecule has 1 N–H and O–H groups in total. The van der Waals surface area contributed by atoms with Gasteiger partial charge in [-0.2, -0.15) is 0 Å². The van der Waals surface area contributed by atoms with Crippen molar-refractivity contribution in [1.82, 2.24) is 10.2 Å². The van der Waals surface area contributed by atoms with Crippen LogP contribution < -0.4 is 5.32 Å². The Morgan fingerprint density at radius 3 is 2.14 bits per heavy atom. The van der Waals surface area contributed by atoms with Gasteiger partial charge in [-0.1, -0.05) is 47.5 Å². The fourth-order valence-corrected chi connectivity index (χ4v) is 3.99. The monoisotopic (exact) mass is 516 g/mol. The normalized spacial score (nSPS) is 11.1. The van der Waals surface area contributed by atoms with E-state index in [2.05, 4.69) is 5.32 Å². The summed E-state index contributed by atoms with van der Waals surface area (Å²) in [5.74, 6) is -0.581. The van der Waals surface area contributed by atoms with E-state index in [4.69, 9.17) is 27.9 Å². The fourth-order valence-electron chi connectivity index (χ4n) is 3.42. The van der Waals surface area contributed by atoms with Crippen molar-refractivity contribution in [1.29, 1.82) is 0 Å². The summed E-state index contributed by atoms with van der Waals surface area (Å²) in [7, 11) is 0. The number of carbonyl (C=O) groups excluding carboxylic acids is 2. The molecule has 0 bridgehead atoms. The molecule has 3 aromatic rings. The highest BCUT2D eigenvalue weighted by molar-refractivity contribution is 6.34. The van der Waals surface area contributed by atoms with Crippen molar-refractivity contribution in [3.05, 3.63) is 105 Å². The van der Waals surface area contributed by atoms with Crippen LogP contribution in [-0.2, 0) is 24.4 Å². The highest BCUT2D eigenvalue weighted by Crippen LogP contribution is 2.22. The SMILES string of the molecule is CC(C)(C)OC(=O)NCc1cccc(C(=O)N(Cc2ccc(F)cc2)Cc2cc(Cl)cc(Cl)c2)c1. The molecule has 5 nitrogen and oxygen atoms in total. The van der Waals surface area contributed by atoms with E-state index in [9.17, 15) is 14.0 Å². The first-order valence-electron chi connectivity index (χ1n) is 11.0. The summed E-state index contributed by atoms with van der Waals surface area (Å²) in [5.41, 5.74) is 2.13. The Morgan fingerprint density at radius 2 is 1.51 bits per heavy atom. The maximum absolute atomic E-state index is 13.5. The standard InChI is InChI=1S/C27H27Cl2FN2O3/c1-27(2,3)35-26(34)31-15-19-5-4-6-21(11-19)25(33)32(16-18-7-9-24(30)10-8-18)17-20-12-22(28)14-23(29)13-20/h4-14H,15-17H2,1-3H3,(H,31,34). The molecule has 0 spiro atoms. The van der Waals surface area contributed by atoms with Crippen LogP contribution in [0.25, 0.3) is 0 Å². The van der Waals surface area contributed by atoms with Crippen LogP contribution in [0.2, 0.25) is 10.0 Å². The van der Waals surface area contributed by atoms with Gasteiger partial charge in [0.25, 0.3) is 5.91 Å². The second-order valence-electron chi connectivity index (χ2n) is 9.12. The smallest absolute Gasteiger partial charge is 0.407 e. The summed E-state index contributed by atoms with van der Waals surface area (Å²) in [5, 5.41) is 3.64. The van der Waals surface area contributed by atoms with Crippen LogP contribution in [0.5, 0.6) is 0 Å². The van der Waals surface area contributed by atoms with Crippen LogP contribution in [0.1, 0.15) is 47.8 Å². The molecule has 35 heavy (non-hydrogen) atoms. The lowest BCUT2D eigenvalue weighted by Crippen LogP contribution is -2.32. The van der Waals surface area contributed by atoms with Gasteiger partial charge in [-0.05, 0) is 79.9 Å². The second kappa shape index (κ2) is 11.6. The van der Waals surface area contributed by atoms with Crippen molar-refractivity contribution in [3.63, 3.8) is 0 Å². The third-order valence-corrected chi connectivity index (χ3v) is 5.32. The first kappa shape index (κ1) is 26.5. The van der Waals surface area contributed by atoms with Gasteiger partial charge < -0.3 is 15.0 Å². The number of nitrogens with one attached hydrogen (secondary N) is 1. The van der Waals surface area contributed by atoms with E-state index >= 15 is 0 Å². The third kappa shape index (κ3) is 8.57. The number of amides is 2. The van der Waals surface area contributed by atoms with E-state index in [0.717, 1.165) is 16.7 Å². The molecule has 0 saturated carbocycles. The summed E-state index contributed by atoms with van der Waals surface area (Å²) in [6.07, 6.45) is -0.537. The topological polar surface area (TPSA) is 58.6 Å². The Morgan fingerprint density at radius 1 is 0.886 bits per heavy atom. The van der Waals surface area contributed by atoms with E-state index in [-0.39, 0.29) is 31.4 Å². The van der Waals surface area contributed by atoms with Gasteiger partial charge in [0.15, 0.2) is 0 Å². The first-order chi connectivity index (χ1) is 16.5. The minimum Gasteiger partial charge on any atom is -0.444 e. The molecule has 2 amide bonds. The van der Waals surface area contributed by atoms with Crippen molar-refractivity contribution < 1.29 is 18.7 Å². The molecule has 0 radical (unpaired) electrons. The molecule has 0 fully saturated rings. The molecule has 0 heterocycles. The summed E-state index contributed by atoms with van der Waals surface area (Å²) in [4.78, 5) is 27.2. The molecule has 0 atom stereocenters. The maximum Gasteiger partial charge on any atom is 0.407 e. The average Bonchev–Trinajstić information content (AvgIpc) is 2.76. The van der Waals surface area contributed by atoms with Gasteiger partial charge in [0.1, 0.15) is 11.4 Å². The van der Waals surface area contributed by atoms with Crippen LogP contribution in [-0.4, -0.2) is 22.5 Å². The van der Waals surface area contributed by atoms with Crippen LogP contribution in [0.4, 0.5) is 9.18 Å². The molecular formula is C27H27Cl2FN2O3. The molecule has 0 aromatic heterocycles. The van der Waals surface area contributed by atoms with E-state index in [1.807, 2.05) is 6.07 Å². The fraction of sp³-hybridized carbons (Fsp3) is 0.259. The number of alkyl carbamates (subject to hydrolysis) is 1. The number of halogens is 3. The summed E-state index contributed by atoms with van der Waals surface area (Å²) in [6, 6.07) is 18.1. The molecule has 8 heteroatoms. The van der Waals surface area contributed by atoms with Crippen molar-refractivity contribution in [2.24, 2.45) is 0 Å². The predicted molar refractivity (Wildman–Crippen MR) is 136 cm³/mol. The van der Waals surface area contributed by atoms with Gasteiger partial charge in [0.05, 0.1) is 0 Å². The molecular weight excluding hydrogens is 490 g/mol. The highest BCUT2D eigenvalue weighted by Gasteiger charge is 2.19. The first-order valence-corrected chi connectivity index (χ1v) is 11.8. The number of rotatable bonds is 7. The van der Waals surface area contributed by atoms with E-state index in [1.54, 1.807) is 74.2 Å². The van der Waals surface area contributed by atoms with Crippen LogP contribution in [0, 0.1) is 5.82 Å². The van der Waals surface area contributed by atoms with E-state index in [1.165, 1.54) is 12.1 Å². The molecule has 3 aromatic carbocycles. The van der Waals surface area contributed by atoms with E-state index in [0.29, 0.717) is 15.6 Å². The second-order valence-corrected chi connectivity index (χ2v) is 9.99. The molecule has 0 saturated heterocycles. The van der Waals surface area contributed by atoms with E-state index < -0.39 is 11.7 Å². The van der Waals surface area contributed by atoms with Crippen LogP contribution in [0.3, 0.4) is 0 Å². The number of nitrogens with zero attached hydrogens (tertiary/aromatic N) is 1. The Bertz CT molecular complexity index is 1170. The number of carbonyl (C=O) groups is 2. The number of hydrogen-bond acceptors (Lipinski definition) is 3. The molecule has 3 rings (SSSR count). The number of ether oxygens (including phenoxy) is 1. The Hall–Kier alpha value is -3.09. The van der Waals surface area contributed by atoms with Gasteiger partial charge >= 0.3 is 6.09 Å². The quantitative estimate of drug-likeness (QED) is 0.367.